The first kappa shape index (κ1) is 15.9. The van der Waals surface area contributed by atoms with E-state index in [4.69, 9.17) is 0 Å². The van der Waals surface area contributed by atoms with Gasteiger partial charge in [0.25, 0.3) is 0 Å². The molecule has 1 aromatic heterocycles. The Balaban J connectivity index is 1.81. The Bertz CT molecular complexity index is 1100. The van der Waals surface area contributed by atoms with Crippen molar-refractivity contribution >= 4 is 22.6 Å². The van der Waals surface area contributed by atoms with Gasteiger partial charge in [-0.3, -0.25) is 0 Å². The molecule has 0 spiro atoms. The highest BCUT2D eigenvalue weighted by Gasteiger charge is 2.09. The highest BCUT2D eigenvalue weighted by atomic mass is 15.0. The van der Waals surface area contributed by atoms with Gasteiger partial charge in [0, 0.05) is 29.2 Å². The molecule has 0 saturated heterocycles. The molecule has 0 aliphatic carbocycles. The van der Waals surface area contributed by atoms with E-state index in [2.05, 4.69) is 59.3 Å². The van der Waals surface area contributed by atoms with Crippen molar-refractivity contribution in [3.8, 4) is 6.07 Å². The van der Waals surface area contributed by atoms with Gasteiger partial charge in [-0.2, -0.15) is 5.26 Å². The maximum absolute atomic E-state index is 9.63. The molecular weight excluding hydrogens is 316 g/mol. The van der Waals surface area contributed by atoms with Crippen molar-refractivity contribution in [3.63, 3.8) is 0 Å². The van der Waals surface area contributed by atoms with Crippen molar-refractivity contribution in [1.29, 1.82) is 5.26 Å². The number of allylic oxidation sites excluding steroid dienone is 1. The van der Waals surface area contributed by atoms with E-state index in [-0.39, 0.29) is 0 Å². The van der Waals surface area contributed by atoms with E-state index in [1.165, 1.54) is 11.1 Å². The fraction of sp³-hybridized carbons (Fsp3) is 0.0417. The molecular formula is C24H18N2. The lowest BCUT2D eigenvalue weighted by atomic mass is 10.0. The molecule has 0 aliphatic heterocycles. The number of rotatable bonds is 4. The quantitative estimate of drug-likeness (QED) is 0.437. The zero-order valence-corrected chi connectivity index (χ0v) is 14.3. The van der Waals surface area contributed by atoms with Crippen LogP contribution in [-0.2, 0) is 6.54 Å². The third-order valence-electron chi connectivity index (χ3n) is 4.52. The first-order valence-corrected chi connectivity index (χ1v) is 8.64. The minimum atomic E-state index is 0.674. The van der Waals surface area contributed by atoms with Gasteiger partial charge in [0.15, 0.2) is 0 Å². The Labute approximate surface area is 153 Å². The van der Waals surface area contributed by atoms with Crippen LogP contribution in [0.25, 0.3) is 22.6 Å². The third-order valence-corrected chi connectivity index (χ3v) is 4.52. The molecule has 0 fully saturated rings. The summed E-state index contributed by atoms with van der Waals surface area (Å²) in [4.78, 5) is 0. The second-order valence-corrected chi connectivity index (χ2v) is 6.25. The number of nitrogens with zero attached hydrogens (tertiary/aromatic N) is 2. The molecule has 2 heteroatoms. The summed E-state index contributed by atoms with van der Waals surface area (Å²) in [6, 6.07) is 30.9. The van der Waals surface area contributed by atoms with Gasteiger partial charge in [0.1, 0.15) is 0 Å². The van der Waals surface area contributed by atoms with E-state index in [0.717, 1.165) is 23.1 Å². The molecule has 4 aromatic rings. The average molecular weight is 334 g/mol. The summed E-state index contributed by atoms with van der Waals surface area (Å²) in [5.41, 5.74) is 5.11. The van der Waals surface area contributed by atoms with Gasteiger partial charge in [0.05, 0.1) is 11.6 Å². The largest absolute Gasteiger partial charge is 0.342 e. The van der Waals surface area contributed by atoms with Crippen LogP contribution in [0, 0.1) is 11.3 Å². The van der Waals surface area contributed by atoms with Gasteiger partial charge in [-0.1, -0.05) is 78.9 Å². The van der Waals surface area contributed by atoms with Crippen LogP contribution in [0.4, 0.5) is 0 Å². The molecule has 0 aliphatic rings. The van der Waals surface area contributed by atoms with Crippen molar-refractivity contribution in [3.05, 3.63) is 108 Å². The van der Waals surface area contributed by atoms with Crippen molar-refractivity contribution in [2.45, 2.75) is 6.54 Å². The van der Waals surface area contributed by atoms with E-state index in [9.17, 15) is 5.26 Å². The Morgan fingerprint density at radius 3 is 2.23 bits per heavy atom. The Morgan fingerprint density at radius 2 is 1.50 bits per heavy atom. The number of aromatic nitrogens is 1. The van der Waals surface area contributed by atoms with Gasteiger partial charge in [-0.05, 0) is 23.3 Å². The SMILES string of the molecule is N#C/C(=C\c1cn(Cc2ccccc2)c2ccccc12)c1ccccc1. The van der Waals surface area contributed by atoms with Gasteiger partial charge in [-0.25, -0.2) is 0 Å². The fourth-order valence-electron chi connectivity index (χ4n) is 3.25. The molecule has 2 nitrogen and oxygen atoms in total. The van der Waals surface area contributed by atoms with Gasteiger partial charge >= 0.3 is 0 Å². The van der Waals surface area contributed by atoms with Crippen molar-refractivity contribution in [1.82, 2.24) is 4.57 Å². The Hall–Kier alpha value is -3.57. The average Bonchev–Trinajstić information content (AvgIpc) is 3.05. The van der Waals surface area contributed by atoms with Crippen molar-refractivity contribution in [2.75, 3.05) is 0 Å². The molecule has 0 saturated carbocycles. The van der Waals surface area contributed by atoms with Crippen LogP contribution in [-0.4, -0.2) is 4.57 Å². The lowest BCUT2D eigenvalue weighted by Crippen LogP contribution is -1.97. The maximum Gasteiger partial charge on any atom is 0.0998 e. The number of hydrogen-bond acceptors (Lipinski definition) is 1. The predicted octanol–water partition coefficient (Wildman–Crippen LogP) is 5.75. The monoisotopic (exact) mass is 334 g/mol. The number of fused-ring (bicyclic) bond motifs is 1. The van der Waals surface area contributed by atoms with E-state index in [1.807, 2.05) is 48.5 Å². The van der Waals surface area contributed by atoms with E-state index in [1.54, 1.807) is 0 Å². The first-order chi connectivity index (χ1) is 12.8. The summed E-state index contributed by atoms with van der Waals surface area (Å²) in [6.45, 7) is 0.808. The van der Waals surface area contributed by atoms with Crippen LogP contribution in [0.5, 0.6) is 0 Å². The summed E-state index contributed by atoms with van der Waals surface area (Å²) >= 11 is 0. The van der Waals surface area contributed by atoms with Crippen molar-refractivity contribution < 1.29 is 0 Å². The summed E-state index contributed by atoms with van der Waals surface area (Å²) in [5.74, 6) is 0. The van der Waals surface area contributed by atoms with Gasteiger partial charge in [-0.15, -0.1) is 0 Å². The lowest BCUT2D eigenvalue weighted by molar-refractivity contribution is 0.836. The molecule has 1 heterocycles. The smallest absolute Gasteiger partial charge is 0.0998 e. The van der Waals surface area contributed by atoms with Crippen LogP contribution in [0.2, 0.25) is 0 Å². The van der Waals surface area contributed by atoms with Gasteiger partial charge < -0.3 is 4.57 Å². The summed E-state index contributed by atoms with van der Waals surface area (Å²) in [7, 11) is 0. The number of benzene rings is 3. The van der Waals surface area contributed by atoms with Crippen LogP contribution >= 0.6 is 0 Å². The molecule has 0 radical (unpaired) electrons. The summed E-state index contributed by atoms with van der Waals surface area (Å²) in [5, 5.41) is 10.8. The number of nitriles is 1. The van der Waals surface area contributed by atoms with Crippen molar-refractivity contribution in [2.24, 2.45) is 0 Å². The molecule has 0 bridgehead atoms. The lowest BCUT2D eigenvalue weighted by Gasteiger charge is -2.05. The molecule has 0 amide bonds. The second kappa shape index (κ2) is 7.13. The Kier molecular flexibility index (Phi) is 4.37. The zero-order chi connectivity index (χ0) is 17.8. The van der Waals surface area contributed by atoms with E-state index in [0.29, 0.717) is 5.57 Å². The standard InChI is InChI=1S/C24H18N2/c25-16-21(20-11-5-2-6-12-20)15-22-18-26(17-19-9-3-1-4-10-19)24-14-8-7-13-23(22)24/h1-15,18H,17H2/b21-15+. The highest BCUT2D eigenvalue weighted by Crippen LogP contribution is 2.26. The molecule has 124 valence electrons. The first-order valence-electron chi connectivity index (χ1n) is 8.64. The third kappa shape index (κ3) is 3.16. The minimum absolute atomic E-state index is 0.674. The molecule has 26 heavy (non-hydrogen) atoms. The molecule has 0 N–H and O–H groups in total. The molecule has 4 rings (SSSR count). The number of hydrogen-bond donors (Lipinski definition) is 0. The fourth-order valence-corrected chi connectivity index (χ4v) is 3.25. The van der Waals surface area contributed by atoms with E-state index >= 15 is 0 Å². The highest BCUT2D eigenvalue weighted by molar-refractivity contribution is 5.98. The summed E-state index contributed by atoms with van der Waals surface area (Å²) < 4.78 is 2.25. The normalized spacial score (nSPS) is 11.4. The molecule has 0 atom stereocenters. The van der Waals surface area contributed by atoms with Gasteiger partial charge in [0.2, 0.25) is 0 Å². The summed E-state index contributed by atoms with van der Waals surface area (Å²) in [6.07, 6.45) is 4.12. The Morgan fingerprint density at radius 1 is 0.846 bits per heavy atom. The second-order valence-electron chi connectivity index (χ2n) is 6.25. The predicted molar refractivity (Wildman–Crippen MR) is 107 cm³/mol. The van der Waals surface area contributed by atoms with Crippen LogP contribution < -0.4 is 0 Å². The topological polar surface area (TPSA) is 28.7 Å². The molecule has 3 aromatic carbocycles. The zero-order valence-electron chi connectivity index (χ0n) is 14.3. The number of para-hydroxylation sites is 1. The van der Waals surface area contributed by atoms with E-state index < -0.39 is 0 Å². The van der Waals surface area contributed by atoms with Crippen LogP contribution in [0.15, 0.2) is 91.1 Å². The maximum atomic E-state index is 9.63. The van der Waals surface area contributed by atoms with Crippen LogP contribution in [0.3, 0.4) is 0 Å². The minimum Gasteiger partial charge on any atom is -0.342 e. The molecule has 0 unspecified atom stereocenters. The van der Waals surface area contributed by atoms with Crippen LogP contribution in [0.1, 0.15) is 16.7 Å².